The minimum absolute atomic E-state index is 0.00267. The summed E-state index contributed by atoms with van der Waals surface area (Å²) in [6.07, 6.45) is 0.150. The maximum Gasteiger partial charge on any atom is 0.255 e. The maximum absolute atomic E-state index is 14.0. The van der Waals surface area contributed by atoms with Crippen LogP contribution in [0.2, 0.25) is 0 Å². The van der Waals surface area contributed by atoms with Gasteiger partial charge in [0.2, 0.25) is 11.7 Å². The molecule has 0 radical (unpaired) electrons. The first-order valence-electron chi connectivity index (χ1n) is 13.8. The zero-order valence-electron chi connectivity index (χ0n) is 23.9. The topological polar surface area (TPSA) is 200 Å². The van der Waals surface area contributed by atoms with E-state index in [0.29, 0.717) is 29.0 Å². The Kier molecular flexibility index (Phi) is 7.63. The van der Waals surface area contributed by atoms with Gasteiger partial charge in [-0.2, -0.15) is 0 Å². The van der Waals surface area contributed by atoms with Crippen molar-refractivity contribution in [2.75, 3.05) is 32.6 Å². The molecule has 0 aromatic heterocycles. The van der Waals surface area contributed by atoms with Crippen molar-refractivity contribution in [1.29, 1.82) is 0 Å². The van der Waals surface area contributed by atoms with E-state index < -0.39 is 58.0 Å². The summed E-state index contributed by atoms with van der Waals surface area (Å²) in [4.78, 5) is 52.9. The van der Waals surface area contributed by atoms with Crippen molar-refractivity contribution >= 4 is 34.8 Å². The molecule has 3 aliphatic rings. The van der Waals surface area contributed by atoms with Crippen LogP contribution in [-0.2, 0) is 30.3 Å². The second-order valence-corrected chi connectivity index (χ2v) is 11.2. The number of Topliss-reactive ketones (excluding diaryl/α,β-unsaturated/α-hetero) is 2. The molecule has 5 rings (SSSR count). The Morgan fingerprint density at radius 1 is 1.09 bits per heavy atom. The maximum atomic E-state index is 14.0. The number of ether oxygens (including phenoxy) is 1. The number of fused-ring (bicyclic) bond motifs is 3. The van der Waals surface area contributed by atoms with Crippen LogP contribution >= 0.6 is 0 Å². The second kappa shape index (κ2) is 11.0. The van der Waals surface area contributed by atoms with E-state index >= 15 is 0 Å². The summed E-state index contributed by atoms with van der Waals surface area (Å²) in [5.74, 6) is -7.31. The van der Waals surface area contributed by atoms with Gasteiger partial charge in [0, 0.05) is 23.8 Å². The number of nitrogens with one attached hydrogen (secondary N) is 1. The van der Waals surface area contributed by atoms with Crippen LogP contribution in [0.25, 0.3) is 16.9 Å². The van der Waals surface area contributed by atoms with Crippen LogP contribution in [0.4, 0.5) is 5.69 Å². The number of ketones is 2. The van der Waals surface area contributed by atoms with Crippen molar-refractivity contribution in [2.24, 2.45) is 17.6 Å². The van der Waals surface area contributed by atoms with Crippen molar-refractivity contribution in [2.45, 2.75) is 31.4 Å². The molecule has 3 aliphatic carbocycles. The third kappa shape index (κ3) is 4.67. The Balaban J connectivity index is 1.59. The van der Waals surface area contributed by atoms with Gasteiger partial charge in [-0.25, -0.2) is 0 Å². The number of amides is 2. The number of anilines is 1. The number of nitrogens with zero attached hydrogens (tertiary/aromatic N) is 1. The van der Waals surface area contributed by atoms with Crippen molar-refractivity contribution in [3.05, 3.63) is 64.4 Å². The summed E-state index contributed by atoms with van der Waals surface area (Å²) >= 11 is 0. The van der Waals surface area contributed by atoms with E-state index in [1.165, 1.54) is 11.0 Å². The van der Waals surface area contributed by atoms with Crippen LogP contribution in [0, 0.1) is 11.8 Å². The van der Waals surface area contributed by atoms with Crippen molar-refractivity contribution in [3.8, 4) is 16.9 Å². The summed E-state index contributed by atoms with van der Waals surface area (Å²) in [6.45, 7) is 2.12. The summed E-state index contributed by atoms with van der Waals surface area (Å²) in [5.41, 5.74) is 4.05. The molecule has 12 nitrogen and oxygen atoms in total. The second-order valence-electron chi connectivity index (χ2n) is 11.2. The fourth-order valence-corrected chi connectivity index (χ4v) is 6.64. The molecule has 1 saturated carbocycles. The van der Waals surface area contributed by atoms with Crippen LogP contribution in [-0.4, -0.2) is 87.7 Å². The molecule has 2 amide bonds. The van der Waals surface area contributed by atoms with Crippen molar-refractivity contribution < 1.29 is 44.3 Å². The number of hydrogen-bond donors (Lipinski definition) is 6. The van der Waals surface area contributed by atoms with Gasteiger partial charge in [-0.1, -0.05) is 18.2 Å². The minimum atomic E-state index is -2.69. The van der Waals surface area contributed by atoms with E-state index in [-0.39, 0.29) is 42.2 Å². The summed E-state index contributed by atoms with van der Waals surface area (Å²) in [6, 6.07) is 8.82. The van der Waals surface area contributed by atoms with Crippen LogP contribution in [0.3, 0.4) is 0 Å². The van der Waals surface area contributed by atoms with Gasteiger partial charge in [0.25, 0.3) is 5.91 Å². The van der Waals surface area contributed by atoms with Gasteiger partial charge >= 0.3 is 0 Å². The molecule has 2 aromatic carbocycles. The standard InChI is InChI=1S/C31H33N3O9/c1-4-43-13-21(36)33-16-7-5-14(6-8-16)17-9-10-20(35)23-18(17)11-15-12-19-25(34(2)3)27(38)24(30(32)41)29(40)31(19,42)28(39)22(15)26(23)37/h5-10,15,19,25,35,37,40,42H,4,11-13H2,1-3H3,(H2,32,41)(H,33,36)/t15-,19-,25-,31-/m1/s1. The Labute approximate surface area is 247 Å². The molecule has 0 spiro atoms. The van der Waals surface area contributed by atoms with Gasteiger partial charge in [0.05, 0.1) is 11.6 Å². The van der Waals surface area contributed by atoms with Crippen molar-refractivity contribution in [3.63, 3.8) is 0 Å². The van der Waals surface area contributed by atoms with Crippen LogP contribution in [0.15, 0.2) is 53.3 Å². The minimum Gasteiger partial charge on any atom is -0.508 e. The van der Waals surface area contributed by atoms with E-state index in [2.05, 4.69) is 5.32 Å². The lowest BCUT2D eigenvalue weighted by Gasteiger charge is -2.50. The number of hydrogen-bond acceptors (Lipinski definition) is 10. The molecule has 4 atom stereocenters. The average molecular weight is 592 g/mol. The van der Waals surface area contributed by atoms with Gasteiger partial charge < -0.3 is 36.2 Å². The van der Waals surface area contributed by atoms with Crippen LogP contribution < -0.4 is 11.1 Å². The van der Waals surface area contributed by atoms with Gasteiger partial charge in [-0.15, -0.1) is 0 Å². The third-order valence-electron chi connectivity index (χ3n) is 8.52. The van der Waals surface area contributed by atoms with Gasteiger partial charge in [-0.05, 0) is 74.7 Å². The number of benzene rings is 2. The lowest BCUT2D eigenvalue weighted by atomic mass is 9.57. The molecular formula is C31H33N3O9. The summed E-state index contributed by atoms with van der Waals surface area (Å²) < 4.78 is 5.12. The Morgan fingerprint density at radius 3 is 2.37 bits per heavy atom. The lowest BCUT2D eigenvalue weighted by molar-refractivity contribution is -0.153. The first-order chi connectivity index (χ1) is 20.3. The molecule has 12 heteroatoms. The number of aromatic hydroxyl groups is 1. The van der Waals surface area contributed by atoms with E-state index in [9.17, 15) is 39.6 Å². The number of phenolic OH excluding ortho intramolecular Hbond substituents is 1. The number of phenols is 1. The molecule has 0 unspecified atom stereocenters. The number of primary amides is 1. The van der Waals surface area contributed by atoms with Gasteiger partial charge in [-0.3, -0.25) is 24.1 Å². The number of likely N-dealkylation sites (N-methyl/N-ethyl adjacent to an activating group) is 1. The van der Waals surface area contributed by atoms with Crippen molar-refractivity contribution in [1.82, 2.24) is 4.90 Å². The van der Waals surface area contributed by atoms with Crippen LogP contribution in [0.1, 0.15) is 24.5 Å². The molecule has 0 heterocycles. The molecule has 0 saturated heterocycles. The van der Waals surface area contributed by atoms with E-state index in [4.69, 9.17) is 10.5 Å². The number of rotatable bonds is 7. The molecule has 7 N–H and O–H groups in total. The molecule has 43 heavy (non-hydrogen) atoms. The highest BCUT2D eigenvalue weighted by Crippen LogP contribution is 2.53. The fraction of sp³-hybridized carbons (Fsp3) is 0.355. The Morgan fingerprint density at radius 2 is 1.77 bits per heavy atom. The monoisotopic (exact) mass is 591 g/mol. The highest BCUT2D eigenvalue weighted by atomic mass is 16.5. The number of carbonyl (C=O) groups is 4. The summed E-state index contributed by atoms with van der Waals surface area (Å²) in [7, 11) is 3.10. The number of nitrogens with two attached hydrogens (primary N) is 1. The fourth-order valence-electron chi connectivity index (χ4n) is 6.64. The van der Waals surface area contributed by atoms with E-state index in [0.717, 1.165) is 0 Å². The van der Waals surface area contributed by atoms with Gasteiger partial charge in [0.1, 0.15) is 29.4 Å². The van der Waals surface area contributed by atoms with Gasteiger partial charge in [0.15, 0.2) is 11.4 Å². The number of carbonyl (C=O) groups excluding carboxylic acids is 4. The van der Waals surface area contributed by atoms with E-state index in [1.54, 1.807) is 51.4 Å². The Hall–Kier alpha value is -4.52. The zero-order valence-corrected chi connectivity index (χ0v) is 23.9. The SMILES string of the molecule is CCOCC(=O)Nc1ccc(-c2ccc(O)c3c2C[C@@H]2C[C@@H]4[C@@H](N(C)C)C(=O)C(C(N)=O)=C(O)[C@]4(O)C(=O)C2=C3O)cc1. The third-order valence-corrected chi connectivity index (χ3v) is 8.52. The Bertz CT molecular complexity index is 1610. The first-order valence-corrected chi connectivity index (χ1v) is 13.8. The summed E-state index contributed by atoms with van der Waals surface area (Å²) in [5, 5.41) is 47.7. The van der Waals surface area contributed by atoms with E-state index in [1.807, 2.05) is 0 Å². The highest BCUT2D eigenvalue weighted by molar-refractivity contribution is 6.24. The quantitative estimate of drug-likeness (QED) is 0.257. The average Bonchev–Trinajstić information content (AvgIpc) is 2.94. The predicted octanol–water partition coefficient (Wildman–Crippen LogP) is 1.61. The number of aliphatic hydroxyl groups excluding tert-OH is 2. The highest BCUT2D eigenvalue weighted by Gasteiger charge is 2.64. The molecule has 0 bridgehead atoms. The normalized spacial score (nSPS) is 24.9. The zero-order chi connectivity index (χ0) is 31.4. The molecule has 226 valence electrons. The largest absolute Gasteiger partial charge is 0.508 e. The molecule has 1 fully saturated rings. The lowest BCUT2D eigenvalue weighted by Crippen LogP contribution is -2.65. The number of aliphatic hydroxyl groups is 3. The predicted molar refractivity (Wildman–Crippen MR) is 155 cm³/mol. The molecular weight excluding hydrogens is 558 g/mol. The molecule has 0 aliphatic heterocycles. The molecule has 2 aromatic rings. The smallest absolute Gasteiger partial charge is 0.255 e. The van der Waals surface area contributed by atoms with Crippen LogP contribution in [0.5, 0.6) is 5.75 Å². The first kappa shape index (κ1) is 30.0.